The zero-order chi connectivity index (χ0) is 15.6. The molecule has 2 rings (SSSR count). The predicted octanol–water partition coefficient (Wildman–Crippen LogP) is 1.29. The highest BCUT2D eigenvalue weighted by Crippen LogP contribution is 2.22. The molecule has 2 N–H and O–H groups in total. The zero-order valence-electron chi connectivity index (χ0n) is 11.0. The first kappa shape index (κ1) is 15.4. The minimum atomic E-state index is -3.04. The quantitative estimate of drug-likeness (QED) is 0.872. The number of amides is 1. The van der Waals surface area contributed by atoms with Gasteiger partial charge in [0.1, 0.15) is 5.82 Å². The summed E-state index contributed by atoms with van der Waals surface area (Å²) in [5.41, 5.74) is -0.335. The van der Waals surface area contributed by atoms with Crippen molar-refractivity contribution in [1.82, 2.24) is 0 Å². The van der Waals surface area contributed by atoms with Gasteiger partial charge in [0, 0.05) is 12.1 Å². The van der Waals surface area contributed by atoms with Crippen LogP contribution in [0, 0.1) is 11.7 Å². The molecule has 1 atom stereocenters. The first-order valence-corrected chi connectivity index (χ1v) is 8.12. The third kappa shape index (κ3) is 4.01. The molecule has 1 aliphatic heterocycles. The van der Waals surface area contributed by atoms with Gasteiger partial charge in [0.25, 0.3) is 0 Å². The number of rotatable bonds is 4. The van der Waals surface area contributed by atoms with Gasteiger partial charge in [-0.1, -0.05) is 0 Å². The molecule has 0 aromatic heterocycles. The number of benzene rings is 1. The summed E-state index contributed by atoms with van der Waals surface area (Å²) in [5.74, 6) is -2.89. The molecular weight excluding hydrogens is 301 g/mol. The second-order valence-electron chi connectivity index (χ2n) is 5.02. The Morgan fingerprint density at radius 2 is 2.10 bits per heavy atom. The second-order valence-corrected chi connectivity index (χ2v) is 7.25. The molecule has 0 saturated carbocycles. The number of sulfone groups is 1. The molecule has 0 bridgehead atoms. The lowest BCUT2D eigenvalue weighted by atomic mass is 10.0. The third-order valence-corrected chi connectivity index (χ3v) is 5.12. The Hall–Kier alpha value is -1.96. The molecule has 1 aliphatic rings. The Labute approximate surface area is 120 Å². The summed E-state index contributed by atoms with van der Waals surface area (Å²) in [6.45, 7) is 0. The van der Waals surface area contributed by atoms with Gasteiger partial charge in [-0.2, -0.15) is 0 Å². The number of hydrogen-bond donors (Lipinski definition) is 2. The van der Waals surface area contributed by atoms with E-state index in [0.29, 0.717) is 6.42 Å². The maximum absolute atomic E-state index is 13.4. The molecule has 1 aromatic carbocycles. The van der Waals surface area contributed by atoms with E-state index in [1.165, 1.54) is 6.07 Å². The fourth-order valence-corrected chi connectivity index (χ4v) is 4.14. The molecule has 6 nitrogen and oxygen atoms in total. The first-order chi connectivity index (χ1) is 9.77. The van der Waals surface area contributed by atoms with Crippen molar-refractivity contribution in [1.29, 1.82) is 0 Å². The smallest absolute Gasteiger partial charge is 0.338 e. The van der Waals surface area contributed by atoms with E-state index in [1.807, 2.05) is 0 Å². The number of aromatic carboxylic acids is 1. The summed E-state index contributed by atoms with van der Waals surface area (Å²) >= 11 is 0. The van der Waals surface area contributed by atoms with Crippen molar-refractivity contribution in [3.05, 3.63) is 29.6 Å². The summed E-state index contributed by atoms with van der Waals surface area (Å²) in [4.78, 5) is 22.4. The van der Waals surface area contributed by atoms with Gasteiger partial charge in [0.15, 0.2) is 9.84 Å². The molecule has 21 heavy (non-hydrogen) atoms. The van der Waals surface area contributed by atoms with Crippen molar-refractivity contribution in [2.45, 2.75) is 12.8 Å². The number of carbonyl (C=O) groups excluding carboxylic acids is 1. The highest BCUT2D eigenvalue weighted by Gasteiger charge is 2.29. The fourth-order valence-electron chi connectivity index (χ4n) is 2.27. The second kappa shape index (κ2) is 5.80. The topological polar surface area (TPSA) is 101 Å². The fraction of sp³-hybridized carbons (Fsp3) is 0.385. The van der Waals surface area contributed by atoms with Crippen LogP contribution in [0.15, 0.2) is 18.2 Å². The van der Waals surface area contributed by atoms with E-state index in [-0.39, 0.29) is 29.5 Å². The highest BCUT2D eigenvalue weighted by atomic mass is 32.2. The van der Waals surface area contributed by atoms with Crippen molar-refractivity contribution in [3.63, 3.8) is 0 Å². The average molecular weight is 315 g/mol. The van der Waals surface area contributed by atoms with Gasteiger partial charge in [0.05, 0.1) is 17.1 Å². The summed E-state index contributed by atoms with van der Waals surface area (Å²) < 4.78 is 36.0. The Bertz CT molecular complexity index is 686. The zero-order valence-corrected chi connectivity index (χ0v) is 11.8. The van der Waals surface area contributed by atoms with Gasteiger partial charge in [-0.05, 0) is 30.5 Å². The van der Waals surface area contributed by atoms with Gasteiger partial charge in [0.2, 0.25) is 5.91 Å². The van der Waals surface area contributed by atoms with E-state index >= 15 is 0 Å². The largest absolute Gasteiger partial charge is 0.478 e. The maximum atomic E-state index is 13.4. The molecule has 1 aromatic rings. The standard InChI is InChI=1S/C13H14FNO5S/c14-11-6-9(1-2-10(11)13(17)18)15-12(16)5-8-3-4-21(19,20)7-8/h1-2,6,8H,3-5,7H2,(H,15,16)(H,17,18). The number of nitrogens with one attached hydrogen (secondary N) is 1. The number of halogens is 1. The molecule has 114 valence electrons. The number of hydrogen-bond acceptors (Lipinski definition) is 4. The Kier molecular flexibility index (Phi) is 4.26. The molecule has 1 unspecified atom stereocenters. The SMILES string of the molecule is O=C(CC1CCS(=O)(=O)C1)Nc1ccc(C(=O)O)c(F)c1. The van der Waals surface area contributed by atoms with Gasteiger partial charge < -0.3 is 10.4 Å². The van der Waals surface area contributed by atoms with E-state index in [2.05, 4.69) is 5.32 Å². The molecule has 1 amide bonds. The van der Waals surface area contributed by atoms with Crippen LogP contribution < -0.4 is 5.32 Å². The number of carboxylic acid groups (broad SMARTS) is 1. The van der Waals surface area contributed by atoms with Crippen molar-refractivity contribution in [2.75, 3.05) is 16.8 Å². The molecule has 1 saturated heterocycles. The lowest BCUT2D eigenvalue weighted by Crippen LogP contribution is -2.17. The number of carboxylic acids is 1. The van der Waals surface area contributed by atoms with Crippen LogP contribution in [-0.4, -0.2) is 36.9 Å². The van der Waals surface area contributed by atoms with E-state index in [4.69, 9.17) is 5.11 Å². The average Bonchev–Trinajstić information content (AvgIpc) is 2.67. The van der Waals surface area contributed by atoms with Crippen LogP contribution in [0.1, 0.15) is 23.2 Å². The van der Waals surface area contributed by atoms with Crippen molar-refractivity contribution in [2.24, 2.45) is 5.92 Å². The van der Waals surface area contributed by atoms with Crippen molar-refractivity contribution < 1.29 is 27.5 Å². The minimum Gasteiger partial charge on any atom is -0.478 e. The number of carbonyl (C=O) groups is 2. The normalized spacial score (nSPS) is 20.1. The van der Waals surface area contributed by atoms with Crippen LogP contribution in [0.5, 0.6) is 0 Å². The maximum Gasteiger partial charge on any atom is 0.338 e. The first-order valence-electron chi connectivity index (χ1n) is 6.30. The molecule has 8 heteroatoms. The van der Waals surface area contributed by atoms with Gasteiger partial charge in [-0.15, -0.1) is 0 Å². The number of anilines is 1. The van der Waals surface area contributed by atoms with E-state index in [9.17, 15) is 22.4 Å². The predicted molar refractivity (Wildman–Crippen MR) is 73.4 cm³/mol. The monoisotopic (exact) mass is 315 g/mol. The van der Waals surface area contributed by atoms with Crippen LogP contribution >= 0.6 is 0 Å². The molecule has 1 fully saturated rings. The third-order valence-electron chi connectivity index (χ3n) is 3.28. The molecule has 0 spiro atoms. The highest BCUT2D eigenvalue weighted by molar-refractivity contribution is 7.91. The van der Waals surface area contributed by atoms with E-state index < -0.39 is 33.1 Å². The van der Waals surface area contributed by atoms with Crippen LogP contribution in [-0.2, 0) is 14.6 Å². The van der Waals surface area contributed by atoms with Crippen LogP contribution in [0.25, 0.3) is 0 Å². The Morgan fingerprint density at radius 3 is 2.62 bits per heavy atom. The molecule has 0 aliphatic carbocycles. The van der Waals surface area contributed by atoms with Crippen LogP contribution in [0.2, 0.25) is 0 Å². The molecular formula is C13H14FNO5S. The summed E-state index contributed by atoms with van der Waals surface area (Å²) in [5, 5.41) is 11.1. The van der Waals surface area contributed by atoms with Crippen LogP contribution in [0.3, 0.4) is 0 Å². The van der Waals surface area contributed by atoms with Gasteiger partial charge >= 0.3 is 5.97 Å². The summed E-state index contributed by atoms with van der Waals surface area (Å²) in [6.07, 6.45) is 0.490. The molecule has 1 heterocycles. The van der Waals surface area contributed by atoms with Gasteiger partial charge in [-0.25, -0.2) is 17.6 Å². The lowest BCUT2D eigenvalue weighted by molar-refractivity contribution is -0.116. The Morgan fingerprint density at radius 1 is 1.38 bits per heavy atom. The summed E-state index contributed by atoms with van der Waals surface area (Å²) in [7, 11) is -3.04. The molecule has 0 radical (unpaired) electrons. The van der Waals surface area contributed by atoms with E-state index in [1.54, 1.807) is 0 Å². The lowest BCUT2D eigenvalue weighted by Gasteiger charge is -2.09. The van der Waals surface area contributed by atoms with E-state index in [0.717, 1.165) is 12.1 Å². The van der Waals surface area contributed by atoms with Crippen LogP contribution in [0.4, 0.5) is 10.1 Å². The van der Waals surface area contributed by atoms with Crippen molar-refractivity contribution >= 4 is 27.4 Å². The minimum absolute atomic E-state index is 0.00721. The van der Waals surface area contributed by atoms with Gasteiger partial charge in [-0.3, -0.25) is 4.79 Å². The Balaban J connectivity index is 1.97. The van der Waals surface area contributed by atoms with Crippen molar-refractivity contribution in [3.8, 4) is 0 Å². The summed E-state index contributed by atoms with van der Waals surface area (Å²) in [6, 6.07) is 3.27.